The van der Waals surface area contributed by atoms with Gasteiger partial charge in [-0.3, -0.25) is 4.79 Å². The van der Waals surface area contributed by atoms with Crippen molar-refractivity contribution in [1.82, 2.24) is 4.98 Å². The third-order valence-corrected chi connectivity index (χ3v) is 6.49. The predicted octanol–water partition coefficient (Wildman–Crippen LogP) is 7.36. The number of halogens is 1. The number of carbonyl (C=O) groups excluding carboxylic acids is 1. The number of hydrogen-bond donors (Lipinski definition) is 0. The van der Waals surface area contributed by atoms with Gasteiger partial charge in [0.25, 0.3) is 0 Å². The Morgan fingerprint density at radius 3 is 2.57 bits per heavy atom. The van der Waals surface area contributed by atoms with Gasteiger partial charge in [-0.25, -0.2) is 4.98 Å². The highest BCUT2D eigenvalue weighted by atomic mass is 35.5. The van der Waals surface area contributed by atoms with E-state index in [1.54, 1.807) is 0 Å². The number of methoxy groups -OCH3 is 1. The SMILES string of the molecule is COC(=O)CC1=C(C)C(=Cc2ccc(Cl)cc2)c2ccc(OCc3ccc4ccccc4n3)cc21. The van der Waals surface area contributed by atoms with E-state index in [4.69, 9.17) is 26.1 Å². The maximum atomic E-state index is 12.2. The summed E-state index contributed by atoms with van der Waals surface area (Å²) in [5, 5.41) is 1.79. The first kappa shape index (κ1) is 22.9. The Morgan fingerprint density at radius 1 is 0.971 bits per heavy atom. The molecule has 0 spiro atoms. The van der Waals surface area contributed by atoms with Gasteiger partial charge >= 0.3 is 5.97 Å². The number of hydrogen-bond acceptors (Lipinski definition) is 4. The van der Waals surface area contributed by atoms with Crippen LogP contribution in [0, 0.1) is 0 Å². The minimum Gasteiger partial charge on any atom is -0.487 e. The van der Waals surface area contributed by atoms with E-state index in [-0.39, 0.29) is 12.4 Å². The molecule has 4 nitrogen and oxygen atoms in total. The van der Waals surface area contributed by atoms with Crippen molar-refractivity contribution in [1.29, 1.82) is 0 Å². The number of aromatic nitrogens is 1. The zero-order valence-corrected chi connectivity index (χ0v) is 20.3. The predicted molar refractivity (Wildman–Crippen MR) is 141 cm³/mol. The summed E-state index contributed by atoms with van der Waals surface area (Å²) >= 11 is 6.05. The van der Waals surface area contributed by atoms with Gasteiger partial charge in [-0.1, -0.05) is 54.1 Å². The van der Waals surface area contributed by atoms with Crippen molar-refractivity contribution >= 4 is 45.7 Å². The van der Waals surface area contributed by atoms with Crippen LogP contribution in [0.15, 0.2) is 84.4 Å². The van der Waals surface area contributed by atoms with Crippen LogP contribution in [0.1, 0.15) is 35.7 Å². The van der Waals surface area contributed by atoms with Crippen LogP contribution in [0.4, 0.5) is 0 Å². The molecule has 0 amide bonds. The summed E-state index contributed by atoms with van der Waals surface area (Å²) in [6.45, 7) is 2.39. The molecular formula is C30H24ClNO3. The van der Waals surface area contributed by atoms with Gasteiger partial charge in [0.1, 0.15) is 12.4 Å². The number of rotatable bonds is 6. The Morgan fingerprint density at radius 2 is 1.77 bits per heavy atom. The summed E-state index contributed by atoms with van der Waals surface area (Å²) in [7, 11) is 1.41. The lowest BCUT2D eigenvalue weighted by atomic mass is 10.0. The summed E-state index contributed by atoms with van der Waals surface area (Å²) in [6, 6.07) is 25.8. The Hall–Kier alpha value is -3.89. The van der Waals surface area contributed by atoms with E-state index in [0.717, 1.165) is 55.8 Å². The van der Waals surface area contributed by atoms with E-state index in [0.29, 0.717) is 11.6 Å². The molecule has 0 fully saturated rings. The van der Waals surface area contributed by atoms with Crippen LogP contribution in [-0.4, -0.2) is 18.1 Å². The summed E-state index contributed by atoms with van der Waals surface area (Å²) < 4.78 is 11.1. The minimum atomic E-state index is -0.273. The van der Waals surface area contributed by atoms with E-state index in [1.807, 2.05) is 79.7 Å². The van der Waals surface area contributed by atoms with E-state index in [9.17, 15) is 4.79 Å². The van der Waals surface area contributed by atoms with Gasteiger partial charge in [0, 0.05) is 10.4 Å². The molecule has 1 aromatic heterocycles. The lowest BCUT2D eigenvalue weighted by Gasteiger charge is -2.11. The summed E-state index contributed by atoms with van der Waals surface area (Å²) in [5.74, 6) is 0.450. The second kappa shape index (κ2) is 9.77. The Kier molecular flexibility index (Phi) is 6.39. The van der Waals surface area contributed by atoms with Gasteiger partial charge in [-0.15, -0.1) is 0 Å². The molecule has 0 unspecified atom stereocenters. The zero-order valence-electron chi connectivity index (χ0n) is 19.5. The third-order valence-electron chi connectivity index (χ3n) is 6.24. The first-order chi connectivity index (χ1) is 17.0. The molecule has 4 aromatic rings. The molecule has 0 bridgehead atoms. The average molecular weight is 482 g/mol. The minimum absolute atomic E-state index is 0.197. The van der Waals surface area contributed by atoms with Crippen LogP contribution in [0.5, 0.6) is 5.75 Å². The number of benzene rings is 3. The normalized spacial score (nSPS) is 13.9. The van der Waals surface area contributed by atoms with Crippen LogP contribution >= 0.6 is 11.6 Å². The summed E-state index contributed by atoms with van der Waals surface area (Å²) in [6.07, 6.45) is 2.32. The molecule has 35 heavy (non-hydrogen) atoms. The largest absolute Gasteiger partial charge is 0.487 e. The van der Waals surface area contributed by atoms with E-state index >= 15 is 0 Å². The zero-order chi connectivity index (χ0) is 24.4. The van der Waals surface area contributed by atoms with Gasteiger partial charge in [0.05, 0.1) is 24.7 Å². The molecule has 0 saturated heterocycles. The molecule has 0 aliphatic heterocycles. The Labute approximate surface area is 209 Å². The van der Waals surface area contributed by atoms with Crippen molar-refractivity contribution in [3.05, 3.63) is 112 Å². The fraction of sp³-hybridized carbons (Fsp3) is 0.133. The lowest BCUT2D eigenvalue weighted by Crippen LogP contribution is -2.02. The molecule has 0 N–H and O–H groups in total. The molecule has 174 valence electrons. The van der Waals surface area contributed by atoms with Gasteiger partial charge in [-0.05, 0) is 82.8 Å². The molecule has 1 heterocycles. The third kappa shape index (κ3) is 4.84. The van der Waals surface area contributed by atoms with Crippen molar-refractivity contribution in [3.8, 4) is 5.75 Å². The van der Waals surface area contributed by atoms with Gasteiger partial charge < -0.3 is 9.47 Å². The number of nitrogens with zero attached hydrogens (tertiary/aromatic N) is 1. The van der Waals surface area contributed by atoms with Gasteiger partial charge in [0.2, 0.25) is 0 Å². The highest BCUT2D eigenvalue weighted by Gasteiger charge is 2.26. The molecule has 1 aliphatic carbocycles. The van der Waals surface area contributed by atoms with Crippen molar-refractivity contribution < 1.29 is 14.3 Å². The van der Waals surface area contributed by atoms with Crippen molar-refractivity contribution in [2.24, 2.45) is 0 Å². The van der Waals surface area contributed by atoms with Crippen LogP contribution in [0.3, 0.4) is 0 Å². The fourth-order valence-corrected chi connectivity index (χ4v) is 4.49. The molecular weight excluding hydrogens is 458 g/mol. The number of fused-ring (bicyclic) bond motifs is 2. The Bertz CT molecular complexity index is 1490. The monoisotopic (exact) mass is 481 g/mol. The van der Waals surface area contributed by atoms with E-state index < -0.39 is 0 Å². The topological polar surface area (TPSA) is 48.4 Å². The molecule has 0 radical (unpaired) electrons. The van der Waals surface area contributed by atoms with E-state index in [1.165, 1.54) is 7.11 Å². The van der Waals surface area contributed by atoms with Crippen molar-refractivity contribution in [2.75, 3.05) is 7.11 Å². The molecule has 1 aliphatic rings. The van der Waals surface area contributed by atoms with Crippen LogP contribution in [-0.2, 0) is 16.1 Å². The van der Waals surface area contributed by atoms with Crippen molar-refractivity contribution in [3.63, 3.8) is 0 Å². The second-order valence-electron chi connectivity index (χ2n) is 8.46. The average Bonchev–Trinajstić information content (AvgIpc) is 3.13. The molecule has 0 atom stereocenters. The van der Waals surface area contributed by atoms with Crippen LogP contribution < -0.4 is 4.74 Å². The number of pyridine rings is 1. The molecule has 3 aromatic carbocycles. The maximum absolute atomic E-state index is 12.2. The van der Waals surface area contributed by atoms with Gasteiger partial charge in [-0.2, -0.15) is 0 Å². The lowest BCUT2D eigenvalue weighted by molar-refractivity contribution is -0.139. The standard InChI is InChI=1S/C30H24ClNO3/c1-19-26(15-20-7-10-22(31)11-8-20)25-14-13-24(16-28(25)27(19)17-30(33)34-2)35-18-23-12-9-21-5-3-4-6-29(21)32-23/h3-16H,17-18H2,1-2H3. The van der Waals surface area contributed by atoms with Crippen molar-refractivity contribution in [2.45, 2.75) is 20.0 Å². The fourth-order valence-electron chi connectivity index (χ4n) is 4.37. The number of esters is 1. The molecule has 0 saturated carbocycles. The highest BCUT2D eigenvalue weighted by Crippen LogP contribution is 2.45. The van der Waals surface area contributed by atoms with Crippen LogP contribution in [0.2, 0.25) is 5.02 Å². The first-order valence-corrected chi connectivity index (χ1v) is 11.8. The highest BCUT2D eigenvalue weighted by molar-refractivity contribution is 6.30. The number of allylic oxidation sites excluding steroid dienone is 2. The summed E-state index contributed by atoms with van der Waals surface area (Å²) in [4.78, 5) is 16.9. The quantitative estimate of drug-likeness (QED) is 0.270. The number of para-hydroxylation sites is 1. The molecule has 5 rings (SSSR count). The smallest absolute Gasteiger partial charge is 0.310 e. The number of carbonyl (C=O) groups is 1. The van der Waals surface area contributed by atoms with E-state index in [2.05, 4.69) is 12.1 Å². The Balaban J connectivity index is 1.46. The van der Waals surface area contributed by atoms with Crippen LogP contribution in [0.25, 0.3) is 28.1 Å². The number of ether oxygens (including phenoxy) is 2. The second-order valence-corrected chi connectivity index (χ2v) is 8.89. The maximum Gasteiger partial charge on any atom is 0.310 e. The first-order valence-electron chi connectivity index (χ1n) is 11.4. The van der Waals surface area contributed by atoms with Gasteiger partial charge in [0.15, 0.2) is 0 Å². The molecule has 5 heteroatoms. The summed E-state index contributed by atoms with van der Waals surface area (Å²) in [5.41, 5.74) is 7.95.